The van der Waals surface area contributed by atoms with Gasteiger partial charge in [0.1, 0.15) is 0 Å². The maximum absolute atomic E-state index is 12.9. The SMILES string of the molecule is O=S(=O)(CCN(C1CC1)S(=O)(=O)c1ccc(Br)cc1)N1CCNCC1. The predicted octanol–water partition coefficient (Wildman–Crippen LogP) is 0.837. The molecule has 2 fully saturated rings. The largest absolute Gasteiger partial charge is 0.314 e. The van der Waals surface area contributed by atoms with Crippen molar-refractivity contribution in [2.45, 2.75) is 23.8 Å². The predicted molar refractivity (Wildman–Crippen MR) is 99.3 cm³/mol. The second-order valence-electron chi connectivity index (χ2n) is 6.27. The van der Waals surface area contributed by atoms with E-state index in [4.69, 9.17) is 0 Å². The first-order valence-corrected chi connectivity index (χ1v) is 12.1. The smallest absolute Gasteiger partial charge is 0.243 e. The second kappa shape index (κ2) is 7.61. The van der Waals surface area contributed by atoms with E-state index in [0.717, 1.165) is 17.3 Å². The summed E-state index contributed by atoms with van der Waals surface area (Å²) in [5.41, 5.74) is 0. The highest BCUT2D eigenvalue weighted by Gasteiger charge is 2.39. The summed E-state index contributed by atoms with van der Waals surface area (Å²) in [5.74, 6) is -0.181. The van der Waals surface area contributed by atoms with Gasteiger partial charge in [-0.15, -0.1) is 0 Å². The average Bonchev–Trinajstić information content (AvgIpc) is 3.41. The van der Waals surface area contributed by atoms with Crippen molar-refractivity contribution >= 4 is 36.0 Å². The van der Waals surface area contributed by atoms with Gasteiger partial charge in [0.2, 0.25) is 20.0 Å². The minimum atomic E-state index is -3.69. The molecule has 0 amide bonds. The normalized spacial score (nSPS) is 20.1. The molecule has 1 aliphatic carbocycles. The van der Waals surface area contributed by atoms with Crippen LogP contribution in [0.5, 0.6) is 0 Å². The monoisotopic (exact) mass is 451 g/mol. The lowest BCUT2D eigenvalue weighted by atomic mass is 10.4. The van der Waals surface area contributed by atoms with Crippen LogP contribution in [0.25, 0.3) is 0 Å². The number of hydrogen-bond donors (Lipinski definition) is 1. The summed E-state index contributed by atoms with van der Waals surface area (Å²) in [7, 11) is -7.14. The van der Waals surface area contributed by atoms with Crippen molar-refractivity contribution in [3.05, 3.63) is 28.7 Å². The molecule has 2 aliphatic rings. The van der Waals surface area contributed by atoms with E-state index in [0.29, 0.717) is 26.2 Å². The summed E-state index contributed by atoms with van der Waals surface area (Å²) in [6.07, 6.45) is 1.56. The number of rotatable bonds is 7. The summed E-state index contributed by atoms with van der Waals surface area (Å²) >= 11 is 3.29. The molecule has 1 aromatic rings. The van der Waals surface area contributed by atoms with Gasteiger partial charge in [-0.1, -0.05) is 15.9 Å². The van der Waals surface area contributed by atoms with Crippen molar-refractivity contribution in [1.29, 1.82) is 0 Å². The zero-order valence-electron chi connectivity index (χ0n) is 13.8. The van der Waals surface area contributed by atoms with Crippen LogP contribution in [0.15, 0.2) is 33.6 Å². The summed E-state index contributed by atoms with van der Waals surface area (Å²) in [6.45, 7) is 2.12. The number of sulfonamides is 2. The third-order valence-electron chi connectivity index (χ3n) is 4.41. The van der Waals surface area contributed by atoms with Crippen LogP contribution in [-0.4, -0.2) is 70.0 Å². The average molecular weight is 452 g/mol. The number of halogens is 1. The molecule has 1 heterocycles. The van der Waals surface area contributed by atoms with Gasteiger partial charge in [0, 0.05) is 43.2 Å². The number of hydrogen-bond acceptors (Lipinski definition) is 5. The lowest BCUT2D eigenvalue weighted by Gasteiger charge is -2.28. The molecule has 1 saturated heterocycles. The van der Waals surface area contributed by atoms with Crippen molar-refractivity contribution < 1.29 is 16.8 Å². The minimum Gasteiger partial charge on any atom is -0.314 e. The van der Waals surface area contributed by atoms with Gasteiger partial charge in [-0.05, 0) is 37.1 Å². The number of piperazine rings is 1. The second-order valence-corrected chi connectivity index (χ2v) is 11.2. The molecular weight excluding hydrogens is 430 g/mol. The van der Waals surface area contributed by atoms with E-state index in [1.54, 1.807) is 24.3 Å². The number of benzene rings is 1. The fourth-order valence-electron chi connectivity index (χ4n) is 2.86. The highest BCUT2D eigenvalue weighted by Crippen LogP contribution is 2.32. The Hall–Kier alpha value is -0.520. The van der Waals surface area contributed by atoms with Crippen LogP contribution >= 0.6 is 15.9 Å². The van der Waals surface area contributed by atoms with Crippen LogP contribution in [-0.2, 0) is 20.0 Å². The first-order chi connectivity index (χ1) is 11.8. The maximum atomic E-state index is 12.9. The van der Waals surface area contributed by atoms with Gasteiger partial charge in [-0.3, -0.25) is 0 Å². The molecule has 25 heavy (non-hydrogen) atoms. The van der Waals surface area contributed by atoms with Crippen LogP contribution in [0.3, 0.4) is 0 Å². The highest BCUT2D eigenvalue weighted by molar-refractivity contribution is 9.10. The Labute approximate surface area is 157 Å². The van der Waals surface area contributed by atoms with Gasteiger partial charge in [-0.25, -0.2) is 16.8 Å². The van der Waals surface area contributed by atoms with E-state index in [9.17, 15) is 16.8 Å². The topological polar surface area (TPSA) is 86.8 Å². The van der Waals surface area contributed by atoms with Gasteiger partial charge < -0.3 is 5.32 Å². The van der Waals surface area contributed by atoms with Gasteiger partial charge in [0.15, 0.2) is 0 Å². The first-order valence-electron chi connectivity index (χ1n) is 8.27. The summed E-state index contributed by atoms with van der Waals surface area (Å²) < 4.78 is 54.4. The molecule has 1 aromatic carbocycles. The molecule has 0 spiro atoms. The highest BCUT2D eigenvalue weighted by atomic mass is 79.9. The van der Waals surface area contributed by atoms with Crippen LogP contribution in [0.1, 0.15) is 12.8 Å². The molecule has 7 nitrogen and oxygen atoms in total. The van der Waals surface area contributed by atoms with Gasteiger partial charge in [0.05, 0.1) is 10.6 Å². The van der Waals surface area contributed by atoms with E-state index >= 15 is 0 Å². The Kier molecular flexibility index (Phi) is 5.86. The summed E-state index contributed by atoms with van der Waals surface area (Å²) in [5, 5.41) is 3.11. The van der Waals surface area contributed by atoms with Gasteiger partial charge in [0.25, 0.3) is 0 Å². The van der Waals surface area contributed by atoms with Gasteiger partial charge >= 0.3 is 0 Å². The number of nitrogens with zero attached hydrogens (tertiary/aromatic N) is 2. The van der Waals surface area contributed by atoms with E-state index in [2.05, 4.69) is 21.2 Å². The van der Waals surface area contributed by atoms with Crippen LogP contribution in [0.4, 0.5) is 0 Å². The Morgan fingerprint density at radius 2 is 1.68 bits per heavy atom. The molecule has 0 aromatic heterocycles. The molecule has 0 radical (unpaired) electrons. The van der Waals surface area contributed by atoms with Crippen LogP contribution in [0.2, 0.25) is 0 Å². The lowest BCUT2D eigenvalue weighted by molar-refractivity contribution is 0.355. The molecule has 0 bridgehead atoms. The third kappa shape index (κ3) is 4.61. The summed E-state index contributed by atoms with van der Waals surface area (Å²) in [6, 6.07) is 6.34. The quantitative estimate of drug-likeness (QED) is 0.663. The molecule has 10 heteroatoms. The third-order valence-corrected chi connectivity index (χ3v) is 8.76. The van der Waals surface area contributed by atoms with Crippen molar-refractivity contribution in [2.24, 2.45) is 0 Å². The lowest BCUT2D eigenvalue weighted by Crippen LogP contribution is -2.48. The number of nitrogens with one attached hydrogen (secondary N) is 1. The van der Waals surface area contributed by atoms with Gasteiger partial charge in [-0.2, -0.15) is 8.61 Å². The molecular formula is C15H22BrN3O4S2. The Bertz CT molecular complexity index is 802. The fraction of sp³-hybridized carbons (Fsp3) is 0.600. The van der Waals surface area contributed by atoms with Crippen molar-refractivity contribution in [2.75, 3.05) is 38.5 Å². The fourth-order valence-corrected chi connectivity index (χ4v) is 6.35. The van der Waals surface area contributed by atoms with Crippen molar-refractivity contribution in [3.8, 4) is 0 Å². The van der Waals surface area contributed by atoms with Crippen LogP contribution in [0, 0.1) is 0 Å². The van der Waals surface area contributed by atoms with Crippen molar-refractivity contribution in [1.82, 2.24) is 13.9 Å². The zero-order valence-corrected chi connectivity index (χ0v) is 17.0. The Balaban J connectivity index is 1.74. The first kappa shape index (κ1) is 19.2. The Morgan fingerprint density at radius 1 is 1.08 bits per heavy atom. The zero-order chi connectivity index (χ0) is 18.1. The van der Waals surface area contributed by atoms with E-state index < -0.39 is 20.0 Å². The molecule has 1 N–H and O–H groups in total. The molecule has 140 valence electrons. The van der Waals surface area contributed by atoms with E-state index in [1.807, 2.05) is 0 Å². The van der Waals surface area contributed by atoms with Crippen LogP contribution < -0.4 is 5.32 Å². The van der Waals surface area contributed by atoms with E-state index in [-0.39, 0.29) is 23.2 Å². The molecule has 3 rings (SSSR count). The maximum Gasteiger partial charge on any atom is 0.243 e. The molecule has 0 atom stereocenters. The van der Waals surface area contributed by atoms with E-state index in [1.165, 1.54) is 8.61 Å². The summed E-state index contributed by atoms with van der Waals surface area (Å²) in [4.78, 5) is 0.196. The Morgan fingerprint density at radius 3 is 2.24 bits per heavy atom. The molecule has 1 aliphatic heterocycles. The molecule has 0 unspecified atom stereocenters. The molecule has 1 saturated carbocycles. The standard InChI is InChI=1S/C15H22BrN3O4S2/c16-13-1-5-15(6-2-13)25(22,23)19(14-3-4-14)11-12-24(20,21)18-9-7-17-8-10-18/h1-2,5-6,14,17H,3-4,7-12H2. The minimum absolute atomic E-state index is 0.00464. The van der Waals surface area contributed by atoms with Crippen molar-refractivity contribution in [3.63, 3.8) is 0 Å².